The average Bonchev–Trinajstić information content (AvgIpc) is 2.68. The molecule has 158 valence electrons. The zero-order valence-corrected chi connectivity index (χ0v) is 18.5. The van der Waals surface area contributed by atoms with Crippen molar-refractivity contribution in [3.05, 3.63) is 29.8 Å². The Labute approximate surface area is 170 Å². The Balaban J connectivity index is 2.93. The molecule has 0 aliphatic rings. The molecule has 0 saturated heterocycles. The number of methoxy groups -OCH3 is 1. The van der Waals surface area contributed by atoms with E-state index in [1.54, 1.807) is 7.11 Å². The van der Waals surface area contributed by atoms with Crippen molar-refractivity contribution in [3.63, 3.8) is 0 Å². The van der Waals surface area contributed by atoms with Crippen LogP contribution in [-0.4, -0.2) is 87.5 Å². The SMILES string of the molecule is CCNC(=NCC(c1ccc(OC)cc1)N(C)C)N(C)CC(=O)N(CC)CC. The van der Waals surface area contributed by atoms with Gasteiger partial charge in [-0.25, -0.2) is 0 Å². The highest BCUT2D eigenvalue weighted by atomic mass is 16.5. The Bertz CT molecular complexity index is 612. The van der Waals surface area contributed by atoms with Gasteiger partial charge in [-0.15, -0.1) is 0 Å². The van der Waals surface area contributed by atoms with E-state index < -0.39 is 0 Å². The van der Waals surface area contributed by atoms with Crippen molar-refractivity contribution in [2.24, 2.45) is 4.99 Å². The number of carbonyl (C=O) groups is 1. The van der Waals surface area contributed by atoms with Gasteiger partial charge in [0.2, 0.25) is 5.91 Å². The average molecular weight is 392 g/mol. The quantitative estimate of drug-likeness (QED) is 0.489. The number of guanidine groups is 1. The largest absolute Gasteiger partial charge is 0.497 e. The molecule has 0 aliphatic carbocycles. The van der Waals surface area contributed by atoms with Gasteiger partial charge in [-0.1, -0.05) is 12.1 Å². The third kappa shape index (κ3) is 7.03. The summed E-state index contributed by atoms with van der Waals surface area (Å²) >= 11 is 0. The molecule has 0 spiro atoms. The summed E-state index contributed by atoms with van der Waals surface area (Å²) in [6.45, 7) is 9.11. The minimum Gasteiger partial charge on any atom is -0.497 e. The summed E-state index contributed by atoms with van der Waals surface area (Å²) in [6.07, 6.45) is 0. The van der Waals surface area contributed by atoms with Gasteiger partial charge in [0.15, 0.2) is 5.96 Å². The van der Waals surface area contributed by atoms with E-state index in [0.717, 1.165) is 31.3 Å². The summed E-state index contributed by atoms with van der Waals surface area (Å²) in [6, 6.07) is 8.20. The molecule has 0 aliphatic heterocycles. The molecule has 0 saturated carbocycles. The first kappa shape index (κ1) is 23.8. The Morgan fingerprint density at radius 3 is 2.18 bits per heavy atom. The van der Waals surface area contributed by atoms with Crippen LogP contribution in [0.15, 0.2) is 29.3 Å². The van der Waals surface area contributed by atoms with Gasteiger partial charge >= 0.3 is 0 Å². The lowest BCUT2D eigenvalue weighted by molar-refractivity contribution is -0.131. The fourth-order valence-electron chi connectivity index (χ4n) is 2.99. The standard InChI is InChI=1S/C21H37N5O2/c1-8-22-21(25(6)16-20(27)26(9-2)10-3)23-15-19(24(4)5)17-11-13-18(28-7)14-12-17/h11-14,19H,8-10,15-16H2,1-7H3,(H,22,23). The topological polar surface area (TPSA) is 60.4 Å². The number of ether oxygens (including phenoxy) is 1. The Hall–Kier alpha value is -2.28. The van der Waals surface area contributed by atoms with E-state index in [1.165, 1.54) is 5.56 Å². The van der Waals surface area contributed by atoms with E-state index in [-0.39, 0.29) is 11.9 Å². The maximum Gasteiger partial charge on any atom is 0.242 e. The molecule has 1 aromatic carbocycles. The second-order valence-corrected chi connectivity index (χ2v) is 6.87. The van der Waals surface area contributed by atoms with Crippen LogP contribution in [0, 0.1) is 0 Å². The fourth-order valence-corrected chi connectivity index (χ4v) is 2.99. The lowest BCUT2D eigenvalue weighted by atomic mass is 10.1. The number of likely N-dealkylation sites (N-methyl/N-ethyl adjacent to an activating group) is 3. The number of aliphatic imine (C=N–C) groups is 1. The van der Waals surface area contributed by atoms with Crippen LogP contribution in [0.1, 0.15) is 32.4 Å². The van der Waals surface area contributed by atoms with Crippen LogP contribution in [0.25, 0.3) is 0 Å². The molecule has 1 N–H and O–H groups in total. The van der Waals surface area contributed by atoms with Crippen molar-refractivity contribution in [1.82, 2.24) is 20.0 Å². The third-order valence-corrected chi connectivity index (χ3v) is 4.72. The molecule has 0 aromatic heterocycles. The smallest absolute Gasteiger partial charge is 0.242 e. The van der Waals surface area contributed by atoms with Crippen LogP contribution in [0.4, 0.5) is 0 Å². The van der Waals surface area contributed by atoms with Crippen LogP contribution < -0.4 is 10.1 Å². The molecular weight excluding hydrogens is 354 g/mol. The highest BCUT2D eigenvalue weighted by Gasteiger charge is 2.17. The van der Waals surface area contributed by atoms with E-state index in [4.69, 9.17) is 9.73 Å². The number of hydrogen-bond donors (Lipinski definition) is 1. The van der Waals surface area contributed by atoms with Gasteiger partial charge in [-0.2, -0.15) is 0 Å². The zero-order valence-electron chi connectivity index (χ0n) is 18.5. The molecule has 0 heterocycles. The predicted octanol–water partition coefficient (Wildman–Crippen LogP) is 2.06. The highest BCUT2D eigenvalue weighted by molar-refractivity contribution is 5.86. The van der Waals surface area contributed by atoms with Crippen molar-refractivity contribution < 1.29 is 9.53 Å². The molecular formula is C21H37N5O2. The van der Waals surface area contributed by atoms with Gasteiger partial charge in [-0.3, -0.25) is 9.79 Å². The molecule has 0 fully saturated rings. The maximum atomic E-state index is 12.4. The number of carbonyl (C=O) groups excluding carboxylic acids is 1. The van der Waals surface area contributed by atoms with Crippen LogP contribution >= 0.6 is 0 Å². The van der Waals surface area contributed by atoms with Crippen LogP contribution in [0.3, 0.4) is 0 Å². The molecule has 7 nitrogen and oxygen atoms in total. The van der Waals surface area contributed by atoms with Gasteiger partial charge in [0.1, 0.15) is 5.75 Å². The van der Waals surface area contributed by atoms with Crippen LogP contribution in [-0.2, 0) is 4.79 Å². The van der Waals surface area contributed by atoms with Crippen molar-refractivity contribution in [3.8, 4) is 5.75 Å². The third-order valence-electron chi connectivity index (χ3n) is 4.72. The van der Waals surface area contributed by atoms with E-state index in [2.05, 4.69) is 22.3 Å². The number of nitrogens with zero attached hydrogens (tertiary/aromatic N) is 4. The number of hydrogen-bond acceptors (Lipinski definition) is 4. The molecule has 1 aromatic rings. The first-order valence-electron chi connectivity index (χ1n) is 9.95. The van der Waals surface area contributed by atoms with E-state index in [0.29, 0.717) is 13.1 Å². The minimum atomic E-state index is 0.109. The summed E-state index contributed by atoms with van der Waals surface area (Å²) in [4.78, 5) is 23.1. The first-order chi connectivity index (χ1) is 13.4. The Kier molecular flexibility index (Phi) is 10.4. The van der Waals surface area contributed by atoms with Crippen LogP contribution in [0.2, 0.25) is 0 Å². The summed E-state index contributed by atoms with van der Waals surface area (Å²) in [5, 5.41) is 3.29. The first-order valence-corrected chi connectivity index (χ1v) is 9.95. The molecule has 0 bridgehead atoms. The number of rotatable bonds is 10. The molecule has 1 rings (SSSR count). The lowest BCUT2D eigenvalue weighted by Gasteiger charge is -2.27. The van der Waals surface area contributed by atoms with E-state index in [1.807, 2.05) is 63.8 Å². The van der Waals surface area contributed by atoms with E-state index in [9.17, 15) is 4.79 Å². The maximum absolute atomic E-state index is 12.4. The molecule has 28 heavy (non-hydrogen) atoms. The van der Waals surface area contributed by atoms with Gasteiger partial charge in [-0.05, 0) is 52.6 Å². The Morgan fingerprint density at radius 1 is 1.11 bits per heavy atom. The summed E-state index contributed by atoms with van der Waals surface area (Å²) in [5.74, 6) is 1.69. The molecule has 7 heteroatoms. The molecule has 1 amide bonds. The number of amides is 1. The minimum absolute atomic E-state index is 0.109. The lowest BCUT2D eigenvalue weighted by Crippen LogP contribution is -2.46. The van der Waals surface area contributed by atoms with Crippen LogP contribution in [0.5, 0.6) is 5.75 Å². The van der Waals surface area contributed by atoms with Gasteiger partial charge in [0, 0.05) is 26.7 Å². The molecule has 0 radical (unpaired) electrons. The van der Waals surface area contributed by atoms with E-state index >= 15 is 0 Å². The van der Waals surface area contributed by atoms with Gasteiger partial charge in [0.05, 0.1) is 26.2 Å². The normalized spacial score (nSPS) is 12.6. The number of benzene rings is 1. The van der Waals surface area contributed by atoms with Crippen molar-refractivity contribution in [2.75, 3.05) is 61.0 Å². The van der Waals surface area contributed by atoms with Crippen molar-refractivity contribution >= 4 is 11.9 Å². The number of nitrogens with one attached hydrogen (secondary N) is 1. The second-order valence-electron chi connectivity index (χ2n) is 6.87. The Morgan fingerprint density at radius 2 is 1.71 bits per heavy atom. The van der Waals surface area contributed by atoms with Gasteiger partial charge < -0.3 is 24.8 Å². The zero-order chi connectivity index (χ0) is 21.1. The summed E-state index contributed by atoms with van der Waals surface area (Å²) < 4.78 is 5.25. The molecule has 1 atom stereocenters. The highest BCUT2D eigenvalue weighted by Crippen LogP contribution is 2.21. The summed E-state index contributed by atoms with van der Waals surface area (Å²) in [7, 11) is 7.66. The van der Waals surface area contributed by atoms with Crippen molar-refractivity contribution in [2.45, 2.75) is 26.8 Å². The predicted molar refractivity (Wildman–Crippen MR) is 116 cm³/mol. The fraction of sp³-hybridized carbons (Fsp3) is 0.619. The van der Waals surface area contributed by atoms with Gasteiger partial charge in [0.25, 0.3) is 0 Å². The summed E-state index contributed by atoms with van der Waals surface area (Å²) in [5.41, 5.74) is 1.17. The van der Waals surface area contributed by atoms with Crippen molar-refractivity contribution in [1.29, 1.82) is 0 Å². The monoisotopic (exact) mass is 391 g/mol. The second kappa shape index (κ2) is 12.2. The molecule has 1 unspecified atom stereocenters.